The fourth-order valence-electron chi connectivity index (χ4n) is 2.64. The lowest BCUT2D eigenvalue weighted by Gasteiger charge is -2.08. The number of nitrogens with one attached hydrogen (secondary N) is 1. The van der Waals surface area contributed by atoms with E-state index in [2.05, 4.69) is 10.3 Å². The minimum absolute atomic E-state index is 0.0588. The molecular weight excluding hydrogens is 387 g/mol. The maximum Gasteiger partial charge on any atom is 0.220 e. The number of halogens is 1. The van der Waals surface area contributed by atoms with E-state index in [9.17, 15) is 9.18 Å². The molecule has 150 valence electrons. The van der Waals surface area contributed by atoms with Gasteiger partial charge in [-0.1, -0.05) is 12.1 Å². The zero-order valence-electron chi connectivity index (χ0n) is 16.0. The lowest BCUT2D eigenvalue weighted by atomic mass is 10.2. The first kappa shape index (κ1) is 20.9. The summed E-state index contributed by atoms with van der Waals surface area (Å²) in [7, 11) is 0. The molecule has 0 radical (unpaired) electrons. The summed E-state index contributed by atoms with van der Waals surface area (Å²) in [5.74, 6) is 1.41. The number of hydrogen-bond donors (Lipinski definition) is 1. The van der Waals surface area contributed by atoms with Crippen molar-refractivity contribution < 1.29 is 13.9 Å². The molecule has 6 heteroatoms. The summed E-state index contributed by atoms with van der Waals surface area (Å²) in [6.07, 6.45) is 4.75. The fourth-order valence-corrected chi connectivity index (χ4v) is 3.49. The summed E-state index contributed by atoms with van der Waals surface area (Å²) in [5, 5.41) is 2.92. The third kappa shape index (κ3) is 7.58. The first-order valence-corrected chi connectivity index (χ1v) is 10.4. The second-order valence-corrected chi connectivity index (χ2v) is 7.64. The lowest BCUT2D eigenvalue weighted by Crippen LogP contribution is -2.22. The van der Waals surface area contributed by atoms with Crippen molar-refractivity contribution in [1.29, 1.82) is 0 Å². The van der Waals surface area contributed by atoms with Crippen LogP contribution < -0.4 is 10.1 Å². The Morgan fingerprint density at radius 2 is 1.83 bits per heavy atom. The van der Waals surface area contributed by atoms with Crippen LogP contribution in [0.1, 0.15) is 24.0 Å². The molecule has 2 aromatic carbocycles. The number of hydrogen-bond acceptors (Lipinski definition) is 4. The molecule has 1 N–H and O–H groups in total. The van der Waals surface area contributed by atoms with Crippen LogP contribution in [0.2, 0.25) is 0 Å². The molecule has 0 spiro atoms. The normalized spacial score (nSPS) is 10.5. The molecule has 29 heavy (non-hydrogen) atoms. The lowest BCUT2D eigenvalue weighted by molar-refractivity contribution is -0.121. The van der Waals surface area contributed by atoms with Gasteiger partial charge < -0.3 is 10.1 Å². The number of pyridine rings is 1. The van der Waals surface area contributed by atoms with E-state index < -0.39 is 0 Å². The number of thioether (sulfide) groups is 1. The Bertz CT molecular complexity index is 904. The van der Waals surface area contributed by atoms with E-state index in [0.717, 1.165) is 33.9 Å². The molecule has 4 nitrogen and oxygen atoms in total. The standard InChI is InChI=1S/C23H23FN2O2S/c24-20-4-1-3-19(15-20)17-28-21-6-8-22(9-7-21)29-14-2-5-23(27)26-16-18-10-12-25-13-11-18/h1,3-4,6-13,15H,2,5,14,16-17H2,(H,26,27). The van der Waals surface area contributed by atoms with Crippen molar-refractivity contribution in [3.8, 4) is 5.75 Å². The van der Waals surface area contributed by atoms with Crippen LogP contribution >= 0.6 is 11.8 Å². The molecule has 3 rings (SSSR count). The summed E-state index contributed by atoms with van der Waals surface area (Å²) in [4.78, 5) is 17.0. The Morgan fingerprint density at radius 1 is 1.03 bits per heavy atom. The third-order valence-electron chi connectivity index (χ3n) is 4.17. The highest BCUT2D eigenvalue weighted by Gasteiger charge is 2.03. The SMILES string of the molecule is O=C(CCCSc1ccc(OCc2cccc(F)c2)cc1)NCc1ccncc1. The van der Waals surface area contributed by atoms with Gasteiger partial charge in [0.1, 0.15) is 18.2 Å². The number of carbonyl (C=O) groups excluding carboxylic acids is 1. The van der Waals surface area contributed by atoms with E-state index in [1.165, 1.54) is 12.1 Å². The fraction of sp³-hybridized carbons (Fsp3) is 0.217. The molecule has 0 aliphatic heterocycles. The van der Waals surface area contributed by atoms with Gasteiger partial charge in [-0.15, -0.1) is 11.8 Å². The number of amides is 1. The highest BCUT2D eigenvalue weighted by atomic mass is 32.2. The van der Waals surface area contributed by atoms with Gasteiger partial charge in [0.15, 0.2) is 0 Å². The largest absolute Gasteiger partial charge is 0.489 e. The van der Waals surface area contributed by atoms with Gasteiger partial charge in [-0.3, -0.25) is 9.78 Å². The molecule has 1 heterocycles. The van der Waals surface area contributed by atoms with Gasteiger partial charge in [-0.25, -0.2) is 4.39 Å². The Labute approximate surface area is 174 Å². The molecule has 0 atom stereocenters. The average Bonchev–Trinajstić information content (AvgIpc) is 2.75. The van der Waals surface area contributed by atoms with Crippen molar-refractivity contribution in [2.75, 3.05) is 5.75 Å². The second-order valence-electron chi connectivity index (χ2n) is 6.47. The van der Waals surface area contributed by atoms with Crippen molar-refractivity contribution in [2.24, 2.45) is 0 Å². The predicted octanol–water partition coefficient (Wildman–Crippen LogP) is 4.99. The molecule has 0 aliphatic carbocycles. The summed E-state index contributed by atoms with van der Waals surface area (Å²) in [6.45, 7) is 0.866. The molecule has 0 saturated heterocycles. The van der Waals surface area contributed by atoms with Gasteiger partial charge >= 0.3 is 0 Å². The third-order valence-corrected chi connectivity index (χ3v) is 5.27. The van der Waals surface area contributed by atoms with E-state index in [1.54, 1.807) is 30.2 Å². The van der Waals surface area contributed by atoms with Crippen molar-refractivity contribution in [1.82, 2.24) is 10.3 Å². The predicted molar refractivity (Wildman–Crippen MR) is 113 cm³/mol. The molecule has 1 aromatic heterocycles. The highest BCUT2D eigenvalue weighted by molar-refractivity contribution is 7.99. The summed E-state index contributed by atoms with van der Waals surface area (Å²) in [6, 6.07) is 18.0. The van der Waals surface area contributed by atoms with Crippen molar-refractivity contribution in [3.63, 3.8) is 0 Å². The Hall–Kier alpha value is -2.86. The molecule has 0 fully saturated rings. The van der Waals surface area contributed by atoms with Crippen LogP contribution in [-0.2, 0) is 17.9 Å². The van der Waals surface area contributed by atoms with Crippen LogP contribution in [0.15, 0.2) is 78.0 Å². The topological polar surface area (TPSA) is 51.2 Å². The molecule has 0 bridgehead atoms. The first-order valence-electron chi connectivity index (χ1n) is 9.45. The van der Waals surface area contributed by atoms with Gasteiger partial charge in [-0.05, 0) is 71.8 Å². The maximum absolute atomic E-state index is 13.2. The van der Waals surface area contributed by atoms with E-state index >= 15 is 0 Å². The number of carbonyl (C=O) groups is 1. The summed E-state index contributed by atoms with van der Waals surface area (Å²) < 4.78 is 18.9. The van der Waals surface area contributed by atoms with Crippen LogP contribution in [0.3, 0.4) is 0 Å². The first-order chi connectivity index (χ1) is 14.2. The summed E-state index contributed by atoms with van der Waals surface area (Å²) in [5.41, 5.74) is 1.84. The van der Waals surface area contributed by atoms with Gasteiger partial charge in [0.2, 0.25) is 5.91 Å². The molecule has 3 aromatic rings. The van der Waals surface area contributed by atoms with Gasteiger partial charge in [0.05, 0.1) is 0 Å². The van der Waals surface area contributed by atoms with Gasteiger partial charge in [0, 0.05) is 30.3 Å². The van der Waals surface area contributed by atoms with Crippen molar-refractivity contribution in [3.05, 3.63) is 90.0 Å². The number of rotatable bonds is 10. The van der Waals surface area contributed by atoms with Crippen LogP contribution in [0.25, 0.3) is 0 Å². The summed E-state index contributed by atoms with van der Waals surface area (Å²) >= 11 is 1.71. The Morgan fingerprint density at radius 3 is 2.59 bits per heavy atom. The molecular formula is C23H23FN2O2S. The van der Waals surface area contributed by atoms with E-state index in [1.807, 2.05) is 42.5 Å². The highest BCUT2D eigenvalue weighted by Crippen LogP contribution is 2.23. The van der Waals surface area contributed by atoms with Crippen LogP contribution in [-0.4, -0.2) is 16.6 Å². The number of nitrogens with zero attached hydrogens (tertiary/aromatic N) is 1. The number of aromatic nitrogens is 1. The quantitative estimate of drug-likeness (QED) is 0.378. The second kappa shape index (κ2) is 11.2. The maximum atomic E-state index is 13.2. The zero-order valence-corrected chi connectivity index (χ0v) is 16.8. The van der Waals surface area contributed by atoms with Crippen LogP contribution in [0, 0.1) is 5.82 Å². The minimum Gasteiger partial charge on any atom is -0.489 e. The van der Waals surface area contributed by atoms with Crippen LogP contribution in [0.4, 0.5) is 4.39 Å². The molecule has 1 amide bonds. The average molecular weight is 411 g/mol. The van der Waals surface area contributed by atoms with E-state index in [4.69, 9.17) is 4.74 Å². The monoisotopic (exact) mass is 410 g/mol. The van der Waals surface area contributed by atoms with Gasteiger partial charge in [-0.2, -0.15) is 0 Å². The number of ether oxygens (including phenoxy) is 1. The van der Waals surface area contributed by atoms with Crippen molar-refractivity contribution in [2.45, 2.75) is 30.9 Å². The smallest absolute Gasteiger partial charge is 0.220 e. The van der Waals surface area contributed by atoms with Gasteiger partial charge in [0.25, 0.3) is 0 Å². The van der Waals surface area contributed by atoms with Crippen molar-refractivity contribution >= 4 is 17.7 Å². The minimum atomic E-state index is -0.260. The molecule has 0 aliphatic rings. The molecule has 0 unspecified atom stereocenters. The van der Waals surface area contributed by atoms with E-state index in [-0.39, 0.29) is 11.7 Å². The number of benzene rings is 2. The Kier molecular flexibility index (Phi) is 8.07. The zero-order chi connectivity index (χ0) is 20.3. The Balaban J connectivity index is 1.32. The molecule has 0 saturated carbocycles. The van der Waals surface area contributed by atoms with E-state index in [0.29, 0.717) is 19.6 Å². The van der Waals surface area contributed by atoms with Crippen LogP contribution in [0.5, 0.6) is 5.75 Å².